The number of hydrogen-bond acceptors (Lipinski definition) is 4. The highest BCUT2D eigenvalue weighted by Crippen LogP contribution is 2.43. The van der Waals surface area contributed by atoms with Crippen molar-refractivity contribution in [2.45, 2.75) is 4.90 Å². The Morgan fingerprint density at radius 3 is 2.81 bits per heavy atom. The summed E-state index contributed by atoms with van der Waals surface area (Å²) in [5.41, 5.74) is 1.56. The van der Waals surface area contributed by atoms with Crippen LogP contribution in [0.25, 0.3) is 6.08 Å². The minimum Gasteiger partial charge on any atom is -0.496 e. The van der Waals surface area contributed by atoms with Gasteiger partial charge in [0.15, 0.2) is 5.78 Å². The average Bonchev–Trinajstić information content (AvgIpc) is 3.01. The first-order valence-electron chi connectivity index (χ1n) is 6.53. The van der Waals surface area contributed by atoms with Gasteiger partial charge in [0, 0.05) is 0 Å². The summed E-state index contributed by atoms with van der Waals surface area (Å²) >= 11 is 1.52. The number of rotatable bonds is 4. The summed E-state index contributed by atoms with van der Waals surface area (Å²) in [7, 11) is 1.57. The molecule has 4 heteroatoms. The molecule has 0 spiro atoms. The molecule has 1 aliphatic heterocycles. The molecule has 0 fully saturated rings. The number of methoxy groups -OCH3 is 1. The molecule has 2 aromatic rings. The Morgan fingerprint density at radius 2 is 2.05 bits per heavy atom. The van der Waals surface area contributed by atoms with Crippen LogP contribution in [0.15, 0.2) is 53.4 Å². The van der Waals surface area contributed by atoms with Crippen LogP contribution in [0.3, 0.4) is 0 Å². The number of carbonyl (C=O) groups is 1. The Bertz CT molecular complexity index is 693. The van der Waals surface area contributed by atoms with Gasteiger partial charge in [-0.1, -0.05) is 48.2 Å². The van der Waals surface area contributed by atoms with Crippen LogP contribution in [-0.2, 0) is 0 Å². The molecule has 0 aromatic heterocycles. The number of ether oxygens (including phenoxy) is 2. The molecule has 3 nitrogen and oxygen atoms in total. The molecule has 1 aliphatic rings. The number of benzene rings is 2. The zero-order valence-corrected chi connectivity index (χ0v) is 12.4. The van der Waals surface area contributed by atoms with Crippen molar-refractivity contribution in [3.63, 3.8) is 0 Å². The SMILES string of the molecule is COc1ccc2c(c1C(=O)/C=C/c1ccccc1)SCO2. The van der Waals surface area contributed by atoms with E-state index in [1.807, 2.05) is 42.5 Å². The van der Waals surface area contributed by atoms with Crippen LogP contribution in [-0.4, -0.2) is 18.8 Å². The highest BCUT2D eigenvalue weighted by atomic mass is 32.2. The predicted octanol–water partition coefficient (Wildman–Crippen LogP) is 4.03. The third kappa shape index (κ3) is 2.81. The quantitative estimate of drug-likeness (QED) is 0.630. The van der Waals surface area contributed by atoms with Crippen molar-refractivity contribution in [2.24, 2.45) is 0 Å². The lowest BCUT2D eigenvalue weighted by Gasteiger charge is -2.09. The van der Waals surface area contributed by atoms with Gasteiger partial charge in [0.1, 0.15) is 17.4 Å². The fourth-order valence-corrected chi connectivity index (χ4v) is 3.10. The monoisotopic (exact) mass is 298 g/mol. The number of allylic oxidation sites excluding steroid dienone is 1. The molecule has 0 saturated carbocycles. The van der Waals surface area contributed by atoms with E-state index in [0.29, 0.717) is 17.3 Å². The number of carbonyl (C=O) groups excluding carboxylic acids is 1. The van der Waals surface area contributed by atoms with Crippen LogP contribution in [0.2, 0.25) is 0 Å². The van der Waals surface area contributed by atoms with Crippen molar-refractivity contribution in [1.29, 1.82) is 0 Å². The Morgan fingerprint density at radius 1 is 1.24 bits per heavy atom. The fourth-order valence-electron chi connectivity index (χ4n) is 2.18. The van der Waals surface area contributed by atoms with Gasteiger partial charge >= 0.3 is 0 Å². The van der Waals surface area contributed by atoms with E-state index >= 15 is 0 Å². The Labute approximate surface area is 127 Å². The minimum atomic E-state index is -0.0782. The van der Waals surface area contributed by atoms with E-state index in [1.165, 1.54) is 11.8 Å². The van der Waals surface area contributed by atoms with Crippen molar-refractivity contribution in [2.75, 3.05) is 13.0 Å². The van der Waals surface area contributed by atoms with Crippen molar-refractivity contribution < 1.29 is 14.3 Å². The zero-order chi connectivity index (χ0) is 14.7. The lowest BCUT2D eigenvalue weighted by Crippen LogP contribution is -2.01. The smallest absolute Gasteiger partial charge is 0.190 e. The third-order valence-corrected chi connectivity index (χ3v) is 4.12. The first-order valence-corrected chi connectivity index (χ1v) is 7.52. The number of ketones is 1. The van der Waals surface area contributed by atoms with Crippen molar-refractivity contribution >= 4 is 23.6 Å². The van der Waals surface area contributed by atoms with Gasteiger partial charge in [0.25, 0.3) is 0 Å². The maximum Gasteiger partial charge on any atom is 0.190 e. The van der Waals surface area contributed by atoms with Crippen molar-refractivity contribution in [3.8, 4) is 11.5 Å². The van der Waals surface area contributed by atoms with Crippen LogP contribution < -0.4 is 9.47 Å². The van der Waals surface area contributed by atoms with Gasteiger partial charge in [0.05, 0.1) is 17.6 Å². The summed E-state index contributed by atoms with van der Waals surface area (Å²) in [5.74, 6) is 1.78. The van der Waals surface area contributed by atoms with Gasteiger partial charge in [-0.15, -0.1) is 0 Å². The van der Waals surface area contributed by atoms with Gasteiger partial charge in [-0.3, -0.25) is 4.79 Å². The first-order chi connectivity index (χ1) is 10.3. The Hall–Kier alpha value is -2.20. The van der Waals surface area contributed by atoms with Crippen LogP contribution in [0.1, 0.15) is 15.9 Å². The van der Waals surface area contributed by atoms with E-state index in [9.17, 15) is 4.79 Å². The van der Waals surface area contributed by atoms with Crippen LogP contribution in [0.4, 0.5) is 0 Å². The molecule has 0 radical (unpaired) electrons. The molecule has 0 amide bonds. The molecule has 106 valence electrons. The van der Waals surface area contributed by atoms with Gasteiger partial charge < -0.3 is 9.47 Å². The molecule has 0 bridgehead atoms. The first kappa shape index (κ1) is 13.8. The van der Waals surface area contributed by atoms with Gasteiger partial charge in [-0.25, -0.2) is 0 Å². The molecule has 0 atom stereocenters. The second-order valence-corrected chi connectivity index (χ2v) is 5.42. The molecule has 1 heterocycles. The lowest BCUT2D eigenvalue weighted by atomic mass is 10.1. The molecule has 0 saturated heterocycles. The molecule has 0 unspecified atom stereocenters. The molecule has 0 N–H and O–H groups in total. The third-order valence-electron chi connectivity index (χ3n) is 3.19. The molecular weight excluding hydrogens is 284 g/mol. The van der Waals surface area contributed by atoms with E-state index < -0.39 is 0 Å². The number of hydrogen-bond donors (Lipinski definition) is 0. The van der Waals surface area contributed by atoms with Gasteiger partial charge in [0.2, 0.25) is 0 Å². The predicted molar refractivity (Wildman–Crippen MR) is 84.2 cm³/mol. The fraction of sp³-hybridized carbons (Fsp3) is 0.118. The molecule has 21 heavy (non-hydrogen) atoms. The summed E-state index contributed by atoms with van der Waals surface area (Å²) < 4.78 is 10.8. The van der Waals surface area contributed by atoms with E-state index in [1.54, 1.807) is 19.3 Å². The summed E-state index contributed by atoms with van der Waals surface area (Å²) in [6.07, 6.45) is 3.38. The Kier molecular flexibility index (Phi) is 3.97. The lowest BCUT2D eigenvalue weighted by molar-refractivity contribution is 0.104. The molecular formula is C17H14O3S. The summed E-state index contributed by atoms with van der Waals surface area (Å²) in [6.45, 7) is 0. The van der Waals surface area contributed by atoms with E-state index in [4.69, 9.17) is 9.47 Å². The topological polar surface area (TPSA) is 35.5 Å². The second-order valence-electron chi connectivity index (χ2n) is 4.48. The number of fused-ring (bicyclic) bond motifs is 1. The second kappa shape index (κ2) is 6.06. The van der Waals surface area contributed by atoms with E-state index in [0.717, 1.165) is 16.2 Å². The summed E-state index contributed by atoms with van der Waals surface area (Å²) in [5, 5.41) is 0. The number of thioether (sulfide) groups is 1. The normalized spacial score (nSPS) is 13.0. The molecule has 3 rings (SSSR count). The standard InChI is InChI=1S/C17H14O3S/c1-19-14-9-10-15-17(21-11-20-15)16(14)13(18)8-7-12-5-3-2-4-6-12/h2-10H,11H2,1H3/b8-7+. The van der Waals surface area contributed by atoms with Crippen molar-refractivity contribution in [3.05, 3.63) is 59.7 Å². The Balaban J connectivity index is 1.95. The highest BCUT2D eigenvalue weighted by Gasteiger charge is 2.24. The van der Waals surface area contributed by atoms with Gasteiger partial charge in [-0.2, -0.15) is 0 Å². The highest BCUT2D eigenvalue weighted by molar-refractivity contribution is 7.99. The molecule has 2 aromatic carbocycles. The van der Waals surface area contributed by atoms with Crippen molar-refractivity contribution in [1.82, 2.24) is 0 Å². The maximum atomic E-state index is 12.5. The maximum absolute atomic E-state index is 12.5. The van der Waals surface area contributed by atoms with Crippen LogP contribution >= 0.6 is 11.8 Å². The summed E-state index contributed by atoms with van der Waals surface area (Å²) in [6, 6.07) is 13.3. The van der Waals surface area contributed by atoms with Crippen LogP contribution in [0.5, 0.6) is 11.5 Å². The van der Waals surface area contributed by atoms with E-state index in [-0.39, 0.29) is 5.78 Å². The minimum absolute atomic E-state index is 0.0782. The van der Waals surface area contributed by atoms with Crippen LogP contribution in [0, 0.1) is 0 Å². The average molecular weight is 298 g/mol. The summed E-state index contributed by atoms with van der Waals surface area (Å²) in [4.78, 5) is 13.4. The largest absolute Gasteiger partial charge is 0.496 e. The molecule has 0 aliphatic carbocycles. The van der Waals surface area contributed by atoms with Gasteiger partial charge in [-0.05, 0) is 23.8 Å². The zero-order valence-electron chi connectivity index (χ0n) is 11.5. The van der Waals surface area contributed by atoms with E-state index in [2.05, 4.69) is 0 Å².